The van der Waals surface area contributed by atoms with Crippen molar-refractivity contribution >= 4 is 33.2 Å². The zero-order valence-corrected chi connectivity index (χ0v) is 15.0. The Bertz CT molecular complexity index is 777. The zero-order valence-electron chi connectivity index (χ0n) is 13.4. The van der Waals surface area contributed by atoms with E-state index in [0.29, 0.717) is 29.9 Å². The maximum atomic E-state index is 11.4. The van der Waals surface area contributed by atoms with Gasteiger partial charge in [0.25, 0.3) is 0 Å². The number of sulfone groups is 1. The van der Waals surface area contributed by atoms with E-state index in [1.54, 1.807) is 18.2 Å². The molecule has 0 fully saturated rings. The van der Waals surface area contributed by atoms with E-state index in [-0.39, 0.29) is 10.8 Å². The van der Waals surface area contributed by atoms with Gasteiger partial charge < -0.3 is 15.4 Å². The molecular weight excluding hydrogens is 352 g/mol. The third-order valence-electron chi connectivity index (χ3n) is 3.25. The molecule has 0 aliphatic heterocycles. The van der Waals surface area contributed by atoms with E-state index in [9.17, 15) is 8.42 Å². The standard InChI is InChI=1S/C15H19ClN4O3S/c1-20(14-10-13(16)18-15(17)19-14)8-3-9-23-11-4-6-12(7-5-11)24(2,21)22/h4-7,10H,3,8-9H2,1-2H3,(H2,17,18,19). The summed E-state index contributed by atoms with van der Waals surface area (Å²) >= 11 is 5.86. The van der Waals surface area contributed by atoms with Crippen LogP contribution in [0.25, 0.3) is 0 Å². The van der Waals surface area contributed by atoms with Gasteiger partial charge in [-0.3, -0.25) is 0 Å². The van der Waals surface area contributed by atoms with Gasteiger partial charge in [0.2, 0.25) is 5.95 Å². The van der Waals surface area contributed by atoms with Gasteiger partial charge in [0.15, 0.2) is 9.84 Å². The maximum absolute atomic E-state index is 11.4. The highest BCUT2D eigenvalue weighted by molar-refractivity contribution is 7.90. The number of rotatable bonds is 7. The van der Waals surface area contributed by atoms with Crippen molar-refractivity contribution < 1.29 is 13.2 Å². The number of anilines is 2. The maximum Gasteiger partial charge on any atom is 0.223 e. The van der Waals surface area contributed by atoms with E-state index in [4.69, 9.17) is 22.1 Å². The Kier molecular flexibility index (Phi) is 5.84. The second-order valence-corrected chi connectivity index (χ2v) is 7.68. The third kappa shape index (κ3) is 5.24. The van der Waals surface area contributed by atoms with E-state index in [1.807, 2.05) is 11.9 Å². The molecule has 2 rings (SSSR count). The van der Waals surface area contributed by atoms with Crippen LogP contribution in [0.5, 0.6) is 5.75 Å². The van der Waals surface area contributed by atoms with Crippen LogP contribution in [0.4, 0.5) is 11.8 Å². The Hall–Kier alpha value is -2.06. The van der Waals surface area contributed by atoms with Crippen molar-refractivity contribution in [2.24, 2.45) is 0 Å². The average molecular weight is 371 g/mol. The molecule has 1 aromatic carbocycles. The summed E-state index contributed by atoms with van der Waals surface area (Å²) in [5, 5.41) is 0.298. The van der Waals surface area contributed by atoms with E-state index < -0.39 is 9.84 Å². The van der Waals surface area contributed by atoms with Gasteiger partial charge >= 0.3 is 0 Å². The van der Waals surface area contributed by atoms with Crippen molar-refractivity contribution in [1.82, 2.24) is 9.97 Å². The Morgan fingerprint density at radius 3 is 2.50 bits per heavy atom. The molecule has 0 saturated carbocycles. The molecule has 0 spiro atoms. The van der Waals surface area contributed by atoms with Gasteiger partial charge in [-0.15, -0.1) is 0 Å². The van der Waals surface area contributed by atoms with Crippen LogP contribution in [-0.2, 0) is 9.84 Å². The van der Waals surface area contributed by atoms with Gasteiger partial charge in [-0.25, -0.2) is 13.4 Å². The normalized spacial score (nSPS) is 11.3. The number of aromatic nitrogens is 2. The fraction of sp³-hybridized carbons (Fsp3) is 0.333. The van der Waals surface area contributed by atoms with Crippen molar-refractivity contribution in [3.8, 4) is 5.75 Å². The van der Waals surface area contributed by atoms with Crippen LogP contribution >= 0.6 is 11.6 Å². The number of nitrogens with two attached hydrogens (primary N) is 1. The van der Waals surface area contributed by atoms with Crippen molar-refractivity contribution in [1.29, 1.82) is 0 Å². The van der Waals surface area contributed by atoms with Crippen LogP contribution in [0.3, 0.4) is 0 Å². The molecule has 24 heavy (non-hydrogen) atoms. The Morgan fingerprint density at radius 2 is 1.92 bits per heavy atom. The molecule has 0 bridgehead atoms. The van der Waals surface area contributed by atoms with E-state index in [1.165, 1.54) is 18.4 Å². The molecule has 0 aliphatic carbocycles. The minimum atomic E-state index is -3.19. The summed E-state index contributed by atoms with van der Waals surface area (Å²) < 4.78 is 28.4. The second-order valence-electron chi connectivity index (χ2n) is 5.27. The lowest BCUT2D eigenvalue weighted by molar-refractivity contribution is 0.312. The van der Waals surface area contributed by atoms with Crippen molar-refractivity contribution in [2.45, 2.75) is 11.3 Å². The molecule has 0 aliphatic rings. The van der Waals surface area contributed by atoms with Gasteiger partial charge in [-0.2, -0.15) is 4.98 Å². The van der Waals surface area contributed by atoms with Crippen LogP contribution in [0, 0.1) is 0 Å². The van der Waals surface area contributed by atoms with Crippen LogP contribution in [0.1, 0.15) is 6.42 Å². The molecule has 1 aromatic heterocycles. The van der Waals surface area contributed by atoms with Crippen molar-refractivity contribution in [2.75, 3.05) is 37.1 Å². The van der Waals surface area contributed by atoms with Crippen molar-refractivity contribution in [3.63, 3.8) is 0 Å². The first-order valence-electron chi connectivity index (χ1n) is 7.20. The lowest BCUT2D eigenvalue weighted by Gasteiger charge is -2.18. The molecule has 0 unspecified atom stereocenters. The zero-order chi connectivity index (χ0) is 17.7. The number of benzene rings is 1. The van der Waals surface area contributed by atoms with Crippen LogP contribution in [-0.4, -0.2) is 44.8 Å². The number of halogens is 1. The highest BCUT2D eigenvalue weighted by Gasteiger charge is 2.08. The van der Waals surface area contributed by atoms with Crippen LogP contribution in [0.2, 0.25) is 5.15 Å². The number of nitrogen functional groups attached to an aromatic ring is 1. The molecule has 0 saturated heterocycles. The SMILES string of the molecule is CN(CCCOc1ccc(S(C)(=O)=O)cc1)c1cc(Cl)nc(N)n1. The van der Waals surface area contributed by atoms with E-state index in [0.717, 1.165) is 6.42 Å². The predicted octanol–water partition coefficient (Wildman–Crippen LogP) is 2.02. The number of ether oxygens (including phenoxy) is 1. The summed E-state index contributed by atoms with van der Waals surface area (Å²) in [6.45, 7) is 1.17. The van der Waals surface area contributed by atoms with Crippen LogP contribution < -0.4 is 15.4 Å². The first-order valence-corrected chi connectivity index (χ1v) is 9.47. The monoisotopic (exact) mass is 370 g/mol. The second kappa shape index (κ2) is 7.67. The van der Waals surface area contributed by atoms with Crippen LogP contribution in [0.15, 0.2) is 35.2 Å². The van der Waals surface area contributed by atoms with Crippen molar-refractivity contribution in [3.05, 3.63) is 35.5 Å². The quantitative estimate of drug-likeness (QED) is 0.588. The number of nitrogens with zero attached hydrogens (tertiary/aromatic N) is 3. The molecule has 2 N–H and O–H groups in total. The molecule has 1 heterocycles. The average Bonchev–Trinajstić information content (AvgIpc) is 2.50. The minimum Gasteiger partial charge on any atom is -0.494 e. The Morgan fingerprint density at radius 1 is 1.25 bits per heavy atom. The lowest BCUT2D eigenvalue weighted by atomic mass is 10.3. The molecule has 0 atom stereocenters. The summed E-state index contributed by atoms with van der Waals surface area (Å²) in [5.41, 5.74) is 5.57. The molecule has 2 aromatic rings. The van der Waals surface area contributed by atoms with Gasteiger partial charge in [0, 0.05) is 25.9 Å². The summed E-state index contributed by atoms with van der Waals surface area (Å²) in [4.78, 5) is 10.1. The Labute approximate surface area is 146 Å². The Balaban J connectivity index is 1.82. The fourth-order valence-electron chi connectivity index (χ4n) is 2.01. The summed E-state index contributed by atoms with van der Waals surface area (Å²) in [7, 11) is -1.31. The summed E-state index contributed by atoms with van der Waals surface area (Å²) in [5.74, 6) is 1.40. The predicted molar refractivity (Wildman–Crippen MR) is 94.4 cm³/mol. The topological polar surface area (TPSA) is 98.4 Å². The van der Waals surface area contributed by atoms with Gasteiger partial charge in [-0.05, 0) is 30.7 Å². The minimum absolute atomic E-state index is 0.131. The number of hydrogen-bond donors (Lipinski definition) is 1. The van der Waals surface area contributed by atoms with Gasteiger partial charge in [0.05, 0.1) is 11.5 Å². The first-order chi connectivity index (χ1) is 11.3. The summed E-state index contributed by atoms with van der Waals surface area (Å²) in [6.07, 6.45) is 1.91. The molecule has 0 radical (unpaired) electrons. The molecule has 9 heteroatoms. The van der Waals surface area contributed by atoms with E-state index >= 15 is 0 Å². The molecule has 130 valence electrons. The number of hydrogen-bond acceptors (Lipinski definition) is 7. The third-order valence-corrected chi connectivity index (χ3v) is 4.57. The molecular formula is C15H19ClN4O3S. The summed E-state index contributed by atoms with van der Waals surface area (Å²) in [6, 6.07) is 7.99. The molecule has 7 nitrogen and oxygen atoms in total. The lowest BCUT2D eigenvalue weighted by Crippen LogP contribution is -2.22. The van der Waals surface area contributed by atoms with Gasteiger partial charge in [-0.1, -0.05) is 11.6 Å². The molecule has 0 amide bonds. The highest BCUT2D eigenvalue weighted by atomic mass is 35.5. The highest BCUT2D eigenvalue weighted by Crippen LogP contribution is 2.17. The van der Waals surface area contributed by atoms with Gasteiger partial charge in [0.1, 0.15) is 16.7 Å². The first kappa shape index (κ1) is 18.3. The smallest absolute Gasteiger partial charge is 0.223 e. The van der Waals surface area contributed by atoms with E-state index in [2.05, 4.69) is 9.97 Å². The largest absolute Gasteiger partial charge is 0.494 e. The fourth-order valence-corrected chi connectivity index (χ4v) is 2.82.